The van der Waals surface area contributed by atoms with Crippen molar-refractivity contribution in [3.8, 4) is 0 Å². The van der Waals surface area contributed by atoms with E-state index in [0.29, 0.717) is 6.04 Å². The van der Waals surface area contributed by atoms with Crippen LogP contribution in [-0.4, -0.2) is 11.9 Å². The average molecular weight is 183 g/mol. The first-order valence-corrected chi connectivity index (χ1v) is 5.62. The summed E-state index contributed by atoms with van der Waals surface area (Å²) in [5.74, 6) is 0.256. The molecular weight excluding hydrogens is 162 g/mol. The van der Waals surface area contributed by atoms with Gasteiger partial charge in [-0.15, -0.1) is 0 Å². The summed E-state index contributed by atoms with van der Waals surface area (Å²) in [6.07, 6.45) is 9.43. The van der Waals surface area contributed by atoms with Crippen molar-refractivity contribution in [3.63, 3.8) is 0 Å². The van der Waals surface area contributed by atoms with Crippen LogP contribution in [0.5, 0.6) is 0 Å². The summed E-state index contributed by atoms with van der Waals surface area (Å²) in [5, 5.41) is 3.05. The summed E-state index contributed by atoms with van der Waals surface area (Å²) in [4.78, 5) is 11.1. The van der Waals surface area contributed by atoms with Gasteiger partial charge in [-0.25, -0.2) is 0 Å². The van der Waals surface area contributed by atoms with Crippen molar-refractivity contribution in [2.24, 2.45) is 0 Å². The molecule has 1 aliphatic heterocycles. The number of nitrogens with one attached hydrogen (secondary N) is 1. The molecule has 2 heteroatoms. The standard InChI is InChI=1S/C11H21NO/c1-2-3-4-5-7-10-8-6-9-11(13)12-10/h10H,2-9H2,1H3,(H,12,13). The van der Waals surface area contributed by atoms with Gasteiger partial charge in [0.05, 0.1) is 0 Å². The molecule has 1 atom stereocenters. The van der Waals surface area contributed by atoms with E-state index in [1.165, 1.54) is 38.5 Å². The van der Waals surface area contributed by atoms with Gasteiger partial charge in [-0.05, 0) is 19.3 Å². The predicted molar refractivity (Wildman–Crippen MR) is 54.5 cm³/mol. The lowest BCUT2D eigenvalue weighted by molar-refractivity contribution is -0.123. The molecule has 0 bridgehead atoms. The summed E-state index contributed by atoms with van der Waals surface area (Å²) in [7, 11) is 0. The fourth-order valence-corrected chi connectivity index (χ4v) is 1.92. The molecule has 76 valence electrons. The zero-order chi connectivity index (χ0) is 9.52. The minimum absolute atomic E-state index is 0.256. The first-order valence-electron chi connectivity index (χ1n) is 5.62. The van der Waals surface area contributed by atoms with Crippen LogP contribution < -0.4 is 5.32 Å². The number of carbonyl (C=O) groups excluding carboxylic acids is 1. The van der Waals surface area contributed by atoms with Crippen molar-refractivity contribution in [3.05, 3.63) is 0 Å². The molecule has 1 unspecified atom stereocenters. The first kappa shape index (κ1) is 10.6. The van der Waals surface area contributed by atoms with E-state index >= 15 is 0 Å². The van der Waals surface area contributed by atoms with Crippen LogP contribution in [0.4, 0.5) is 0 Å². The van der Waals surface area contributed by atoms with Crippen LogP contribution in [0.15, 0.2) is 0 Å². The molecule has 0 radical (unpaired) electrons. The molecule has 1 amide bonds. The molecule has 0 saturated carbocycles. The first-order chi connectivity index (χ1) is 6.33. The van der Waals surface area contributed by atoms with Gasteiger partial charge in [-0.2, -0.15) is 0 Å². The van der Waals surface area contributed by atoms with Crippen molar-refractivity contribution in [1.82, 2.24) is 5.32 Å². The van der Waals surface area contributed by atoms with E-state index in [4.69, 9.17) is 0 Å². The van der Waals surface area contributed by atoms with E-state index in [9.17, 15) is 4.79 Å². The Hall–Kier alpha value is -0.530. The van der Waals surface area contributed by atoms with Gasteiger partial charge >= 0.3 is 0 Å². The van der Waals surface area contributed by atoms with E-state index in [2.05, 4.69) is 12.2 Å². The quantitative estimate of drug-likeness (QED) is 0.652. The lowest BCUT2D eigenvalue weighted by Gasteiger charge is -2.22. The van der Waals surface area contributed by atoms with Gasteiger partial charge in [0.25, 0.3) is 0 Å². The molecular formula is C11H21NO. The second-order valence-corrected chi connectivity index (χ2v) is 4.01. The van der Waals surface area contributed by atoms with Gasteiger partial charge in [0.1, 0.15) is 0 Å². The predicted octanol–water partition coefficient (Wildman–Crippen LogP) is 2.63. The van der Waals surface area contributed by atoms with Crippen molar-refractivity contribution < 1.29 is 4.79 Å². The van der Waals surface area contributed by atoms with E-state index in [-0.39, 0.29) is 5.91 Å². The number of piperidine rings is 1. The zero-order valence-electron chi connectivity index (χ0n) is 8.64. The van der Waals surface area contributed by atoms with Gasteiger partial charge < -0.3 is 5.32 Å². The number of hydrogen-bond acceptors (Lipinski definition) is 1. The highest BCUT2D eigenvalue weighted by Gasteiger charge is 2.16. The monoisotopic (exact) mass is 183 g/mol. The normalized spacial score (nSPS) is 22.8. The molecule has 0 aliphatic carbocycles. The van der Waals surface area contributed by atoms with Gasteiger partial charge in [0.2, 0.25) is 5.91 Å². The highest BCUT2D eigenvalue weighted by Crippen LogP contribution is 2.14. The molecule has 2 nitrogen and oxygen atoms in total. The molecule has 1 fully saturated rings. The molecule has 0 aromatic rings. The molecule has 0 spiro atoms. The Bertz CT molecular complexity index is 156. The summed E-state index contributed by atoms with van der Waals surface area (Å²) < 4.78 is 0. The van der Waals surface area contributed by atoms with Gasteiger partial charge in [0.15, 0.2) is 0 Å². The Kier molecular flexibility index (Phi) is 4.87. The van der Waals surface area contributed by atoms with Crippen LogP contribution in [-0.2, 0) is 4.79 Å². The van der Waals surface area contributed by atoms with Crippen LogP contribution in [0.2, 0.25) is 0 Å². The van der Waals surface area contributed by atoms with Crippen LogP contribution in [0.3, 0.4) is 0 Å². The number of rotatable bonds is 5. The van der Waals surface area contributed by atoms with Gasteiger partial charge in [-0.3, -0.25) is 4.79 Å². The van der Waals surface area contributed by atoms with Crippen molar-refractivity contribution >= 4 is 5.91 Å². The number of hydrogen-bond donors (Lipinski definition) is 1. The largest absolute Gasteiger partial charge is 0.353 e. The molecule has 13 heavy (non-hydrogen) atoms. The maximum Gasteiger partial charge on any atom is 0.220 e. The SMILES string of the molecule is CCCCCCC1CCCC(=O)N1. The fraction of sp³-hybridized carbons (Fsp3) is 0.909. The Morgan fingerprint density at radius 2 is 2.23 bits per heavy atom. The molecule has 1 N–H and O–H groups in total. The Labute approximate surface area is 81.1 Å². The smallest absolute Gasteiger partial charge is 0.220 e. The lowest BCUT2D eigenvalue weighted by atomic mass is 9.98. The third kappa shape index (κ3) is 4.30. The minimum Gasteiger partial charge on any atom is -0.353 e. The van der Waals surface area contributed by atoms with Crippen molar-refractivity contribution in [2.45, 2.75) is 64.3 Å². The van der Waals surface area contributed by atoms with E-state index < -0.39 is 0 Å². The Morgan fingerprint density at radius 3 is 2.92 bits per heavy atom. The Morgan fingerprint density at radius 1 is 1.38 bits per heavy atom. The molecule has 1 rings (SSSR count). The highest BCUT2D eigenvalue weighted by atomic mass is 16.1. The maximum absolute atomic E-state index is 11.1. The summed E-state index contributed by atoms with van der Waals surface area (Å²) in [6, 6.07) is 0.484. The number of unbranched alkanes of at least 4 members (excludes halogenated alkanes) is 3. The maximum atomic E-state index is 11.1. The van der Waals surface area contributed by atoms with Gasteiger partial charge in [0, 0.05) is 12.5 Å². The lowest BCUT2D eigenvalue weighted by Crippen LogP contribution is -2.38. The zero-order valence-corrected chi connectivity index (χ0v) is 8.64. The van der Waals surface area contributed by atoms with Crippen LogP contribution >= 0.6 is 0 Å². The second-order valence-electron chi connectivity index (χ2n) is 4.01. The Balaban J connectivity index is 2.03. The number of amides is 1. The van der Waals surface area contributed by atoms with Crippen molar-refractivity contribution in [1.29, 1.82) is 0 Å². The van der Waals surface area contributed by atoms with Crippen molar-refractivity contribution in [2.75, 3.05) is 0 Å². The molecule has 0 aromatic heterocycles. The molecule has 1 aliphatic rings. The molecule has 1 heterocycles. The van der Waals surface area contributed by atoms with Crippen LogP contribution in [0.1, 0.15) is 58.3 Å². The molecule has 0 aromatic carbocycles. The third-order valence-electron chi connectivity index (χ3n) is 2.73. The van der Waals surface area contributed by atoms with Crippen LogP contribution in [0, 0.1) is 0 Å². The highest BCUT2D eigenvalue weighted by molar-refractivity contribution is 5.76. The average Bonchev–Trinajstić information content (AvgIpc) is 2.13. The second kappa shape index (κ2) is 6.01. The summed E-state index contributed by atoms with van der Waals surface area (Å²) >= 11 is 0. The van der Waals surface area contributed by atoms with E-state index in [0.717, 1.165) is 12.8 Å². The summed E-state index contributed by atoms with van der Waals surface area (Å²) in [6.45, 7) is 2.22. The third-order valence-corrected chi connectivity index (χ3v) is 2.73. The summed E-state index contributed by atoms with van der Waals surface area (Å²) in [5.41, 5.74) is 0. The molecule has 1 saturated heterocycles. The van der Waals surface area contributed by atoms with Gasteiger partial charge in [-0.1, -0.05) is 32.6 Å². The number of carbonyl (C=O) groups is 1. The van der Waals surface area contributed by atoms with E-state index in [1.807, 2.05) is 0 Å². The minimum atomic E-state index is 0.256. The van der Waals surface area contributed by atoms with E-state index in [1.54, 1.807) is 0 Å². The fourth-order valence-electron chi connectivity index (χ4n) is 1.92. The van der Waals surface area contributed by atoms with Crippen LogP contribution in [0.25, 0.3) is 0 Å². The topological polar surface area (TPSA) is 29.1 Å².